The van der Waals surface area contributed by atoms with Crippen molar-refractivity contribution in [3.05, 3.63) is 35.4 Å². The van der Waals surface area contributed by atoms with Crippen LogP contribution in [0.5, 0.6) is 0 Å². The van der Waals surface area contributed by atoms with Crippen LogP contribution in [0.3, 0.4) is 0 Å². The smallest absolute Gasteiger partial charge is 0.0645 e. The largest absolute Gasteiger partial charge is 0.378 e. The molecule has 0 amide bonds. The van der Waals surface area contributed by atoms with E-state index in [0.717, 1.165) is 25.2 Å². The Balaban J connectivity index is 1.61. The van der Waals surface area contributed by atoms with Crippen LogP contribution in [0.1, 0.15) is 43.2 Å². The van der Waals surface area contributed by atoms with Crippen LogP contribution in [-0.4, -0.2) is 36.7 Å². The van der Waals surface area contributed by atoms with Gasteiger partial charge in [0.15, 0.2) is 0 Å². The molecule has 0 radical (unpaired) electrons. The van der Waals surface area contributed by atoms with Gasteiger partial charge < -0.3 is 4.74 Å². The van der Waals surface area contributed by atoms with E-state index in [2.05, 4.69) is 29.2 Å². The molecule has 3 atom stereocenters. The van der Waals surface area contributed by atoms with E-state index in [1.165, 1.54) is 45.1 Å². The highest BCUT2D eigenvalue weighted by Crippen LogP contribution is 2.56. The van der Waals surface area contributed by atoms with Crippen molar-refractivity contribution in [2.24, 2.45) is 5.92 Å². The SMILES string of the molecule is c1ccc2c(c1)C[C@@H]1[C@@H]3CCCC[C@]23CCN1C1COC1. The zero-order valence-electron chi connectivity index (χ0n) is 12.8. The molecule has 2 nitrogen and oxygen atoms in total. The van der Waals surface area contributed by atoms with Crippen molar-refractivity contribution in [3.63, 3.8) is 0 Å². The van der Waals surface area contributed by atoms with Crippen molar-refractivity contribution < 1.29 is 4.74 Å². The molecule has 4 aliphatic rings. The molecule has 1 saturated carbocycles. The van der Waals surface area contributed by atoms with E-state index in [1.807, 2.05) is 0 Å². The number of hydrogen-bond acceptors (Lipinski definition) is 2. The molecule has 2 bridgehead atoms. The van der Waals surface area contributed by atoms with Crippen LogP contribution < -0.4 is 0 Å². The molecule has 0 aromatic heterocycles. The van der Waals surface area contributed by atoms with Gasteiger partial charge in [-0.15, -0.1) is 0 Å². The zero-order valence-corrected chi connectivity index (χ0v) is 12.8. The topological polar surface area (TPSA) is 12.5 Å². The summed E-state index contributed by atoms with van der Waals surface area (Å²) in [5.74, 6) is 0.899. The normalized spacial score (nSPS) is 39.2. The van der Waals surface area contributed by atoms with E-state index in [9.17, 15) is 0 Å². The first-order chi connectivity index (χ1) is 10.4. The number of nitrogens with zero attached hydrogens (tertiary/aromatic N) is 1. The maximum Gasteiger partial charge on any atom is 0.0645 e. The molecule has 21 heavy (non-hydrogen) atoms. The average Bonchev–Trinajstić information content (AvgIpc) is 2.48. The summed E-state index contributed by atoms with van der Waals surface area (Å²) in [4.78, 5) is 2.83. The van der Waals surface area contributed by atoms with E-state index < -0.39 is 0 Å². The van der Waals surface area contributed by atoms with Crippen LogP contribution in [0.2, 0.25) is 0 Å². The molecule has 112 valence electrons. The first kappa shape index (κ1) is 12.7. The Kier molecular flexibility index (Phi) is 2.75. The molecular weight excluding hydrogens is 258 g/mol. The van der Waals surface area contributed by atoms with Gasteiger partial charge in [0, 0.05) is 11.5 Å². The van der Waals surface area contributed by atoms with Crippen molar-refractivity contribution in [2.75, 3.05) is 19.8 Å². The third-order valence-electron chi connectivity index (χ3n) is 6.88. The predicted molar refractivity (Wildman–Crippen MR) is 83.5 cm³/mol. The van der Waals surface area contributed by atoms with E-state index in [4.69, 9.17) is 4.74 Å². The van der Waals surface area contributed by atoms with Gasteiger partial charge in [0.05, 0.1) is 19.3 Å². The fourth-order valence-electron chi connectivity index (χ4n) is 5.87. The van der Waals surface area contributed by atoms with Crippen LogP contribution >= 0.6 is 0 Å². The number of ether oxygens (including phenoxy) is 1. The number of hydrogen-bond donors (Lipinski definition) is 0. The van der Waals surface area contributed by atoms with Gasteiger partial charge in [-0.3, -0.25) is 4.90 Å². The molecule has 2 heteroatoms. The monoisotopic (exact) mass is 283 g/mol. The predicted octanol–water partition coefficient (Wildman–Crippen LogP) is 3.14. The van der Waals surface area contributed by atoms with E-state index in [-0.39, 0.29) is 0 Å². The van der Waals surface area contributed by atoms with E-state index in [0.29, 0.717) is 11.5 Å². The summed E-state index contributed by atoms with van der Waals surface area (Å²) in [5.41, 5.74) is 3.87. The standard InChI is InChI=1S/C19H25NO/c1-2-6-16-14(5-1)11-18-17-7-3-4-8-19(16,17)9-10-20(18)15-12-21-13-15/h1-2,5-6,15,17-18H,3-4,7-13H2/t17-,18+,19-/m0/s1. The van der Waals surface area contributed by atoms with Gasteiger partial charge in [0.25, 0.3) is 0 Å². The van der Waals surface area contributed by atoms with Gasteiger partial charge in [-0.2, -0.15) is 0 Å². The van der Waals surface area contributed by atoms with Crippen molar-refractivity contribution in [2.45, 2.75) is 56.0 Å². The molecule has 2 saturated heterocycles. The molecule has 2 aliphatic heterocycles. The van der Waals surface area contributed by atoms with Crippen LogP contribution in [0, 0.1) is 5.92 Å². The summed E-state index contributed by atoms with van der Waals surface area (Å²) in [6, 6.07) is 10.8. The minimum atomic E-state index is 0.513. The quantitative estimate of drug-likeness (QED) is 0.785. The van der Waals surface area contributed by atoms with Gasteiger partial charge in [-0.05, 0) is 49.3 Å². The number of piperidine rings is 1. The summed E-state index contributed by atoms with van der Waals surface area (Å²) >= 11 is 0. The van der Waals surface area contributed by atoms with Crippen LogP contribution in [0.15, 0.2) is 24.3 Å². The number of benzene rings is 1. The maximum atomic E-state index is 5.49. The lowest BCUT2D eigenvalue weighted by Crippen LogP contribution is -2.66. The molecule has 0 N–H and O–H groups in total. The van der Waals surface area contributed by atoms with Gasteiger partial charge in [-0.25, -0.2) is 0 Å². The highest BCUT2D eigenvalue weighted by atomic mass is 16.5. The fourth-order valence-corrected chi connectivity index (χ4v) is 5.87. The first-order valence-electron chi connectivity index (χ1n) is 8.80. The summed E-state index contributed by atoms with van der Waals surface area (Å²) in [7, 11) is 0. The summed E-state index contributed by atoms with van der Waals surface area (Å²) in [6.45, 7) is 3.24. The number of likely N-dealkylation sites (tertiary alicyclic amines) is 1. The van der Waals surface area contributed by atoms with E-state index >= 15 is 0 Å². The van der Waals surface area contributed by atoms with Crippen LogP contribution in [0.4, 0.5) is 0 Å². The molecule has 3 fully saturated rings. The third-order valence-corrected chi connectivity index (χ3v) is 6.88. The summed E-state index contributed by atoms with van der Waals surface area (Å²) in [5, 5.41) is 0. The summed E-state index contributed by atoms with van der Waals surface area (Å²) in [6.07, 6.45) is 8.41. The zero-order chi connectivity index (χ0) is 13.9. The second-order valence-electron chi connectivity index (χ2n) is 7.62. The Morgan fingerprint density at radius 2 is 2.00 bits per heavy atom. The van der Waals surface area contributed by atoms with Crippen LogP contribution in [0.25, 0.3) is 0 Å². The second kappa shape index (κ2) is 4.57. The highest BCUT2D eigenvalue weighted by molar-refractivity contribution is 5.41. The molecular formula is C19H25NO. The number of fused-ring (bicyclic) bond motifs is 1. The molecule has 0 unspecified atom stereocenters. The third kappa shape index (κ3) is 1.66. The molecule has 5 rings (SSSR count). The van der Waals surface area contributed by atoms with Crippen molar-refractivity contribution in [1.82, 2.24) is 4.90 Å². The lowest BCUT2D eigenvalue weighted by atomic mass is 9.52. The highest BCUT2D eigenvalue weighted by Gasteiger charge is 2.55. The lowest BCUT2D eigenvalue weighted by molar-refractivity contribution is -0.120. The van der Waals surface area contributed by atoms with Crippen molar-refractivity contribution >= 4 is 0 Å². The van der Waals surface area contributed by atoms with Gasteiger partial charge in [0.1, 0.15) is 0 Å². The van der Waals surface area contributed by atoms with E-state index in [1.54, 1.807) is 11.1 Å². The average molecular weight is 283 g/mol. The molecule has 0 spiro atoms. The minimum absolute atomic E-state index is 0.513. The molecule has 2 aliphatic carbocycles. The van der Waals surface area contributed by atoms with Crippen molar-refractivity contribution in [3.8, 4) is 0 Å². The summed E-state index contributed by atoms with van der Waals surface area (Å²) < 4.78 is 5.49. The van der Waals surface area contributed by atoms with Gasteiger partial charge >= 0.3 is 0 Å². The molecule has 1 aromatic carbocycles. The second-order valence-corrected chi connectivity index (χ2v) is 7.62. The van der Waals surface area contributed by atoms with Crippen molar-refractivity contribution in [1.29, 1.82) is 0 Å². The Labute approximate surface area is 127 Å². The number of rotatable bonds is 1. The Morgan fingerprint density at radius 1 is 1.10 bits per heavy atom. The minimum Gasteiger partial charge on any atom is -0.378 e. The molecule has 2 heterocycles. The Bertz CT molecular complexity index is 552. The van der Waals surface area contributed by atoms with Gasteiger partial charge in [-0.1, -0.05) is 37.1 Å². The lowest BCUT2D eigenvalue weighted by Gasteiger charge is -2.61. The first-order valence-corrected chi connectivity index (χ1v) is 8.80. The Hall–Kier alpha value is -0.860. The van der Waals surface area contributed by atoms with Gasteiger partial charge in [0.2, 0.25) is 0 Å². The fraction of sp³-hybridized carbons (Fsp3) is 0.684. The Morgan fingerprint density at radius 3 is 2.86 bits per heavy atom. The van der Waals surface area contributed by atoms with Crippen LogP contribution in [-0.2, 0) is 16.6 Å². The maximum absolute atomic E-state index is 5.49. The molecule has 1 aromatic rings.